The maximum absolute atomic E-state index is 2.40. The van der Waals surface area contributed by atoms with Crippen LogP contribution in [-0.2, 0) is 0 Å². The fraction of sp³-hybridized carbons (Fsp3) is 0. The Balaban J connectivity index is 0.870. The van der Waals surface area contributed by atoms with Crippen LogP contribution in [0.5, 0.6) is 0 Å². The molecular weight excluding hydrogens is 1070 g/mol. The summed E-state index contributed by atoms with van der Waals surface area (Å²) in [7, 11) is 0. The number of para-hydroxylation sites is 2. The summed E-state index contributed by atoms with van der Waals surface area (Å²) in [4.78, 5) is 2.31. The van der Waals surface area contributed by atoms with Crippen molar-refractivity contribution in [2.45, 2.75) is 0 Å². The number of benzene rings is 9. The molecule has 6 heteroatoms. The van der Waals surface area contributed by atoms with E-state index in [1.54, 1.807) is 0 Å². The second kappa shape index (κ2) is 18.5. The summed E-state index contributed by atoms with van der Waals surface area (Å²) in [5.41, 5.74) is 17.5. The number of rotatable bonds is 11. The normalized spacial score (nSPS) is 10.9. The smallest absolute Gasteiger partial charge is 0.0646 e. The molecule has 0 atom stereocenters. The summed E-state index contributed by atoms with van der Waals surface area (Å²) in [5.74, 6) is 0. The Labute approximate surface area is 394 Å². The van der Waals surface area contributed by atoms with E-state index in [-0.39, 0.29) is 0 Å². The molecular formula is C54H38I3N3. The van der Waals surface area contributed by atoms with Crippen molar-refractivity contribution >= 4 is 108 Å². The minimum absolute atomic E-state index is 1.12. The van der Waals surface area contributed by atoms with Crippen LogP contribution in [0.2, 0.25) is 0 Å². The predicted octanol–water partition coefficient (Wildman–Crippen LogP) is 17.4. The molecule has 0 N–H and O–H groups in total. The lowest BCUT2D eigenvalue weighted by atomic mass is 9.98. The Bertz CT molecular complexity index is 2810. The molecule has 0 unspecified atom stereocenters. The minimum Gasteiger partial charge on any atom is -0.310 e. The second-order valence-electron chi connectivity index (χ2n) is 14.4. The third kappa shape index (κ3) is 9.01. The van der Waals surface area contributed by atoms with Crippen LogP contribution < -0.4 is 11.1 Å². The zero-order valence-corrected chi connectivity index (χ0v) is 38.9. The van der Waals surface area contributed by atoms with Gasteiger partial charge < -0.3 is 4.90 Å². The van der Waals surface area contributed by atoms with Gasteiger partial charge >= 0.3 is 0 Å². The molecule has 9 aromatic rings. The third-order valence-corrected chi connectivity index (χ3v) is 13.5. The van der Waals surface area contributed by atoms with Crippen LogP contribution in [0.1, 0.15) is 0 Å². The zero-order chi connectivity index (χ0) is 40.8. The fourth-order valence-corrected chi connectivity index (χ4v) is 9.03. The average Bonchev–Trinajstić information content (AvgIpc) is 3.33. The van der Waals surface area contributed by atoms with Gasteiger partial charge in [-0.15, -0.1) is 0 Å². The first kappa shape index (κ1) is 40.0. The lowest BCUT2D eigenvalue weighted by molar-refractivity contribution is 1.28. The molecule has 0 saturated carbocycles. The Hall–Kier alpha value is -5.43. The molecule has 0 bridgehead atoms. The summed E-state index contributed by atoms with van der Waals surface area (Å²) in [6, 6.07) is 82.5. The van der Waals surface area contributed by atoms with E-state index in [2.05, 4.69) is 304 Å². The SMILES string of the molecule is Ic1ccc(N(c2ccccc2)c2cccc(-c3ccc(-c4ccc(N(I)c5ccc(-c6cccc(-c7ccc(N(I)c8ccccc8)cc7)c6)cc5)cc4)cc3)c2)cc1. The molecule has 0 amide bonds. The second-order valence-corrected chi connectivity index (χ2v) is 17.6. The lowest BCUT2D eigenvalue weighted by Gasteiger charge is -2.26. The van der Waals surface area contributed by atoms with Crippen molar-refractivity contribution in [3.8, 4) is 44.5 Å². The minimum atomic E-state index is 1.12. The highest BCUT2D eigenvalue weighted by atomic mass is 127. The van der Waals surface area contributed by atoms with Crippen molar-refractivity contribution in [1.82, 2.24) is 0 Å². The van der Waals surface area contributed by atoms with Gasteiger partial charge in [-0.25, -0.2) is 0 Å². The lowest BCUT2D eigenvalue weighted by Crippen LogP contribution is -2.09. The number of nitrogens with zero attached hydrogens (tertiary/aromatic N) is 3. The monoisotopic (exact) mass is 1110 g/mol. The first-order valence-electron chi connectivity index (χ1n) is 19.7. The highest BCUT2D eigenvalue weighted by Gasteiger charge is 2.14. The van der Waals surface area contributed by atoms with Gasteiger partial charge in [0, 0.05) is 20.6 Å². The molecule has 0 aliphatic heterocycles. The third-order valence-electron chi connectivity index (χ3n) is 10.5. The number of hydrogen-bond donors (Lipinski definition) is 0. The molecule has 0 aromatic heterocycles. The Morgan fingerprint density at radius 3 is 0.983 bits per heavy atom. The van der Waals surface area contributed by atoms with E-state index in [9.17, 15) is 0 Å². The van der Waals surface area contributed by atoms with Crippen molar-refractivity contribution in [3.05, 3.63) is 234 Å². The molecule has 0 heterocycles. The summed E-state index contributed by atoms with van der Waals surface area (Å²) in [6.07, 6.45) is 0. The Kier molecular flexibility index (Phi) is 12.3. The molecule has 0 radical (unpaired) electrons. The Morgan fingerprint density at radius 2 is 0.533 bits per heavy atom. The number of halogens is 3. The topological polar surface area (TPSA) is 9.72 Å². The van der Waals surface area contributed by atoms with E-state index < -0.39 is 0 Å². The van der Waals surface area contributed by atoms with Gasteiger partial charge in [0.2, 0.25) is 0 Å². The fourth-order valence-electron chi connectivity index (χ4n) is 7.38. The Morgan fingerprint density at radius 1 is 0.233 bits per heavy atom. The molecule has 9 aromatic carbocycles. The van der Waals surface area contributed by atoms with Crippen molar-refractivity contribution in [2.24, 2.45) is 0 Å². The van der Waals surface area contributed by atoms with Crippen LogP contribution in [0.25, 0.3) is 44.5 Å². The van der Waals surface area contributed by atoms with Crippen molar-refractivity contribution in [2.75, 3.05) is 11.1 Å². The van der Waals surface area contributed by atoms with Crippen LogP contribution in [0.3, 0.4) is 0 Å². The van der Waals surface area contributed by atoms with Crippen LogP contribution in [0.4, 0.5) is 39.8 Å². The van der Waals surface area contributed by atoms with E-state index in [0.717, 1.165) is 39.8 Å². The van der Waals surface area contributed by atoms with Gasteiger partial charge in [0.15, 0.2) is 0 Å². The molecule has 9 rings (SSSR count). The first-order chi connectivity index (χ1) is 29.5. The van der Waals surface area contributed by atoms with E-state index >= 15 is 0 Å². The van der Waals surface area contributed by atoms with Crippen LogP contribution >= 0.6 is 68.3 Å². The molecule has 0 aliphatic carbocycles. The van der Waals surface area contributed by atoms with Gasteiger partial charge in [0.05, 0.1) is 68.5 Å². The molecule has 0 spiro atoms. The summed E-state index contributed by atoms with van der Waals surface area (Å²) >= 11 is 7.13. The van der Waals surface area contributed by atoms with Gasteiger partial charge in [0.1, 0.15) is 0 Å². The summed E-state index contributed by atoms with van der Waals surface area (Å²) in [5, 5.41) is 0. The highest BCUT2D eigenvalue weighted by Crippen LogP contribution is 2.38. The van der Waals surface area contributed by atoms with E-state index in [1.807, 2.05) is 6.07 Å². The molecule has 0 saturated heterocycles. The maximum Gasteiger partial charge on any atom is 0.0646 e. The zero-order valence-electron chi connectivity index (χ0n) is 32.4. The van der Waals surface area contributed by atoms with Crippen LogP contribution in [-0.4, -0.2) is 0 Å². The van der Waals surface area contributed by atoms with Gasteiger partial charge in [-0.3, -0.25) is 6.23 Å². The van der Waals surface area contributed by atoms with Crippen LogP contribution in [0.15, 0.2) is 231 Å². The average molecular weight is 1110 g/mol. The van der Waals surface area contributed by atoms with Gasteiger partial charge in [-0.2, -0.15) is 0 Å². The maximum atomic E-state index is 2.40. The van der Waals surface area contributed by atoms with E-state index in [1.165, 1.54) is 48.1 Å². The highest BCUT2D eigenvalue weighted by molar-refractivity contribution is 14.1. The molecule has 0 aliphatic rings. The summed E-state index contributed by atoms with van der Waals surface area (Å²) in [6.45, 7) is 0. The largest absolute Gasteiger partial charge is 0.310 e. The molecule has 60 heavy (non-hydrogen) atoms. The van der Waals surface area contributed by atoms with E-state index in [4.69, 9.17) is 0 Å². The van der Waals surface area contributed by atoms with Gasteiger partial charge in [-0.1, -0.05) is 127 Å². The standard InChI is InChI=1S/C54H38I3N3/c55-47-27-35-49(36-28-47)58(48-12-3-1-4-13-48)54-16-8-11-46(38-54)41-19-17-39(18-20-41)40-21-29-52(30-22-40)60(57)53-33-25-43(26-34-53)45-10-7-9-44(37-45)42-23-31-51(32-24-42)59(56)50-14-5-2-6-15-50/h1-38H. The molecule has 3 nitrogen and oxygen atoms in total. The van der Waals surface area contributed by atoms with Crippen molar-refractivity contribution in [3.63, 3.8) is 0 Å². The summed E-state index contributed by atoms with van der Waals surface area (Å²) < 4.78 is 5.60. The van der Waals surface area contributed by atoms with Gasteiger partial charge in [0.25, 0.3) is 0 Å². The van der Waals surface area contributed by atoms with E-state index in [0.29, 0.717) is 0 Å². The van der Waals surface area contributed by atoms with Crippen molar-refractivity contribution in [1.29, 1.82) is 0 Å². The first-order valence-corrected chi connectivity index (χ1v) is 22.7. The van der Waals surface area contributed by atoms with Crippen LogP contribution in [0, 0.1) is 3.57 Å². The van der Waals surface area contributed by atoms with Gasteiger partial charge in [-0.05, 0) is 170 Å². The quantitative estimate of drug-likeness (QED) is 0.0944. The predicted molar refractivity (Wildman–Crippen MR) is 281 cm³/mol. The number of anilines is 7. The molecule has 290 valence electrons. The molecule has 0 fully saturated rings. The van der Waals surface area contributed by atoms with Crippen molar-refractivity contribution < 1.29 is 0 Å². The number of hydrogen-bond acceptors (Lipinski definition) is 3.